The van der Waals surface area contributed by atoms with Crippen LogP contribution in [0.15, 0.2) is 52.1 Å². The summed E-state index contributed by atoms with van der Waals surface area (Å²) in [7, 11) is 0. The Morgan fingerprint density at radius 3 is 2.62 bits per heavy atom. The molecule has 24 heavy (non-hydrogen) atoms. The second-order valence-electron chi connectivity index (χ2n) is 5.04. The zero-order valence-electron chi connectivity index (χ0n) is 13.8. The largest absolute Gasteiger partial charge is 0.489 e. The molecule has 1 aromatic carbocycles. The van der Waals surface area contributed by atoms with Crippen LogP contribution in [-0.4, -0.2) is 25.2 Å². The van der Waals surface area contributed by atoms with Crippen molar-refractivity contribution in [3.63, 3.8) is 0 Å². The Hall–Kier alpha value is -1.77. The zero-order valence-corrected chi connectivity index (χ0v) is 16.1. The van der Waals surface area contributed by atoms with Crippen molar-refractivity contribution in [3.05, 3.63) is 54.2 Å². The van der Waals surface area contributed by atoms with Crippen molar-refractivity contribution in [1.29, 1.82) is 0 Å². The lowest BCUT2D eigenvalue weighted by Gasteiger charge is -2.17. The van der Waals surface area contributed by atoms with Crippen LogP contribution >= 0.6 is 24.0 Å². The second kappa shape index (κ2) is 10.9. The van der Waals surface area contributed by atoms with E-state index in [4.69, 9.17) is 9.15 Å². The van der Waals surface area contributed by atoms with Crippen LogP contribution in [0.3, 0.4) is 0 Å². The zero-order chi connectivity index (χ0) is 16.5. The maximum absolute atomic E-state index is 12.9. The Bertz CT molecular complexity index is 603. The Morgan fingerprint density at radius 1 is 1.25 bits per heavy atom. The molecule has 0 aliphatic heterocycles. The highest BCUT2D eigenvalue weighted by Crippen LogP contribution is 2.12. The summed E-state index contributed by atoms with van der Waals surface area (Å²) in [5, 5.41) is 6.38. The minimum absolute atomic E-state index is 0. The number of benzene rings is 1. The third-order valence-corrected chi connectivity index (χ3v) is 3.03. The van der Waals surface area contributed by atoms with Crippen LogP contribution in [-0.2, 0) is 6.54 Å². The molecule has 1 atom stereocenters. The van der Waals surface area contributed by atoms with Gasteiger partial charge in [-0.25, -0.2) is 9.38 Å². The quantitative estimate of drug-likeness (QED) is 0.387. The normalized spacial score (nSPS) is 12.2. The van der Waals surface area contributed by atoms with Crippen molar-refractivity contribution in [3.8, 4) is 5.75 Å². The van der Waals surface area contributed by atoms with Gasteiger partial charge in [-0.2, -0.15) is 0 Å². The first kappa shape index (κ1) is 20.3. The molecule has 1 heterocycles. The molecule has 0 radical (unpaired) electrons. The SMILES string of the molecule is CCNC(=NCc1ccco1)NCC(C)Oc1ccc(F)cc1.I. The average molecular weight is 447 g/mol. The van der Waals surface area contributed by atoms with Gasteiger partial charge in [-0.05, 0) is 50.2 Å². The van der Waals surface area contributed by atoms with Crippen LogP contribution in [0, 0.1) is 5.82 Å². The van der Waals surface area contributed by atoms with Crippen molar-refractivity contribution in [1.82, 2.24) is 10.6 Å². The van der Waals surface area contributed by atoms with Crippen molar-refractivity contribution in [2.75, 3.05) is 13.1 Å². The Kier molecular flexibility index (Phi) is 9.21. The van der Waals surface area contributed by atoms with Crippen LogP contribution in [0.25, 0.3) is 0 Å². The average Bonchev–Trinajstić information content (AvgIpc) is 3.06. The van der Waals surface area contributed by atoms with Crippen LogP contribution in [0.2, 0.25) is 0 Å². The third-order valence-electron chi connectivity index (χ3n) is 3.03. The summed E-state index contributed by atoms with van der Waals surface area (Å²) in [6, 6.07) is 9.70. The van der Waals surface area contributed by atoms with Gasteiger partial charge in [-0.15, -0.1) is 24.0 Å². The molecule has 0 fully saturated rings. The lowest BCUT2D eigenvalue weighted by atomic mass is 10.3. The van der Waals surface area contributed by atoms with Gasteiger partial charge >= 0.3 is 0 Å². The molecule has 2 N–H and O–H groups in total. The van der Waals surface area contributed by atoms with E-state index in [1.165, 1.54) is 12.1 Å². The smallest absolute Gasteiger partial charge is 0.191 e. The molecule has 0 aliphatic carbocycles. The van der Waals surface area contributed by atoms with E-state index in [0.717, 1.165) is 12.3 Å². The topological polar surface area (TPSA) is 58.8 Å². The molecule has 0 saturated heterocycles. The number of rotatable bonds is 7. The Labute approximate surface area is 158 Å². The number of hydrogen-bond donors (Lipinski definition) is 2. The number of guanidine groups is 1. The summed E-state index contributed by atoms with van der Waals surface area (Å²) in [5.41, 5.74) is 0. The highest BCUT2D eigenvalue weighted by molar-refractivity contribution is 14.0. The molecule has 132 valence electrons. The second-order valence-corrected chi connectivity index (χ2v) is 5.04. The van der Waals surface area contributed by atoms with Crippen LogP contribution in [0.5, 0.6) is 5.75 Å². The summed E-state index contributed by atoms with van der Waals surface area (Å²) in [5.74, 6) is 1.86. The van der Waals surface area contributed by atoms with Crippen molar-refractivity contribution >= 4 is 29.9 Å². The van der Waals surface area contributed by atoms with E-state index in [-0.39, 0.29) is 35.9 Å². The fraction of sp³-hybridized carbons (Fsp3) is 0.353. The Morgan fingerprint density at radius 2 is 2.00 bits per heavy atom. The minimum atomic E-state index is -0.275. The van der Waals surface area contributed by atoms with Gasteiger partial charge in [0.05, 0.1) is 12.8 Å². The molecule has 2 rings (SSSR count). The lowest BCUT2D eigenvalue weighted by Crippen LogP contribution is -2.41. The predicted molar refractivity (Wildman–Crippen MR) is 103 cm³/mol. The van der Waals surface area contributed by atoms with Gasteiger partial charge in [0.15, 0.2) is 5.96 Å². The van der Waals surface area contributed by atoms with E-state index in [2.05, 4.69) is 15.6 Å². The van der Waals surface area contributed by atoms with Gasteiger partial charge in [-0.1, -0.05) is 0 Å². The molecule has 0 spiro atoms. The van der Waals surface area contributed by atoms with Gasteiger partial charge in [0.25, 0.3) is 0 Å². The fourth-order valence-corrected chi connectivity index (χ4v) is 1.93. The predicted octanol–water partition coefficient (Wildman–Crippen LogP) is 3.56. The first-order valence-corrected chi connectivity index (χ1v) is 7.64. The van der Waals surface area contributed by atoms with Crippen LogP contribution < -0.4 is 15.4 Å². The molecule has 5 nitrogen and oxygen atoms in total. The standard InChI is InChI=1S/C17H22FN3O2.HI/c1-3-19-17(21-12-16-5-4-10-22-16)20-11-13(2)23-15-8-6-14(18)7-9-15;/h4-10,13H,3,11-12H2,1-2H3,(H2,19,20,21);1H. The highest BCUT2D eigenvalue weighted by Gasteiger charge is 2.06. The number of nitrogens with zero attached hydrogens (tertiary/aromatic N) is 1. The fourth-order valence-electron chi connectivity index (χ4n) is 1.93. The highest BCUT2D eigenvalue weighted by atomic mass is 127. The van der Waals surface area contributed by atoms with Gasteiger partial charge in [0.1, 0.15) is 30.0 Å². The molecular weight excluding hydrogens is 424 g/mol. The van der Waals surface area contributed by atoms with Crippen molar-refractivity contribution in [2.24, 2.45) is 4.99 Å². The van der Waals surface area contributed by atoms with E-state index < -0.39 is 0 Å². The molecule has 0 saturated carbocycles. The number of halogens is 2. The number of furan rings is 1. The maximum atomic E-state index is 12.9. The molecule has 1 aromatic heterocycles. The van der Waals surface area contributed by atoms with Gasteiger partial charge in [0.2, 0.25) is 0 Å². The first-order valence-electron chi connectivity index (χ1n) is 7.64. The number of ether oxygens (including phenoxy) is 1. The van der Waals surface area contributed by atoms with E-state index in [1.54, 1.807) is 18.4 Å². The molecule has 2 aromatic rings. The molecular formula is C17H23FIN3O2. The molecule has 0 amide bonds. The minimum Gasteiger partial charge on any atom is -0.489 e. The third kappa shape index (κ3) is 7.20. The van der Waals surface area contributed by atoms with Crippen molar-refractivity contribution < 1.29 is 13.5 Å². The van der Waals surface area contributed by atoms with Gasteiger partial charge in [-0.3, -0.25) is 0 Å². The summed E-state index contributed by atoms with van der Waals surface area (Å²) in [6.07, 6.45) is 1.54. The van der Waals surface area contributed by atoms with Crippen LogP contribution in [0.4, 0.5) is 4.39 Å². The van der Waals surface area contributed by atoms with E-state index in [9.17, 15) is 4.39 Å². The number of hydrogen-bond acceptors (Lipinski definition) is 3. The van der Waals surface area contributed by atoms with E-state index >= 15 is 0 Å². The monoisotopic (exact) mass is 447 g/mol. The summed E-state index contributed by atoms with van der Waals surface area (Å²) in [6.45, 7) is 5.74. The molecule has 0 bridgehead atoms. The van der Waals surface area contributed by atoms with Crippen LogP contribution in [0.1, 0.15) is 19.6 Å². The number of nitrogens with one attached hydrogen (secondary N) is 2. The molecule has 1 unspecified atom stereocenters. The van der Waals surface area contributed by atoms with Crippen molar-refractivity contribution in [2.45, 2.75) is 26.5 Å². The maximum Gasteiger partial charge on any atom is 0.191 e. The lowest BCUT2D eigenvalue weighted by molar-refractivity contribution is 0.223. The molecule has 7 heteroatoms. The van der Waals surface area contributed by atoms with E-state index in [1.807, 2.05) is 26.0 Å². The van der Waals surface area contributed by atoms with E-state index in [0.29, 0.717) is 24.8 Å². The summed E-state index contributed by atoms with van der Waals surface area (Å²) >= 11 is 0. The number of aliphatic imine (C=N–C) groups is 1. The molecule has 0 aliphatic rings. The van der Waals surface area contributed by atoms with Gasteiger partial charge in [0, 0.05) is 6.54 Å². The summed E-state index contributed by atoms with van der Waals surface area (Å²) in [4.78, 5) is 4.44. The Balaban J connectivity index is 0.00000288. The van der Waals surface area contributed by atoms with Gasteiger partial charge < -0.3 is 19.8 Å². The first-order chi connectivity index (χ1) is 11.2. The summed E-state index contributed by atoms with van der Waals surface area (Å²) < 4.78 is 23.8.